The lowest BCUT2D eigenvalue weighted by molar-refractivity contribution is 0.662. The van der Waals surface area contributed by atoms with Crippen LogP contribution in [0, 0.1) is 0 Å². The Morgan fingerprint density at radius 1 is 0.290 bits per heavy atom. The second kappa shape index (κ2) is 15.4. The van der Waals surface area contributed by atoms with E-state index in [2.05, 4.69) is 255 Å². The molecular weight excluding hydrogens is 747 g/mol. The van der Waals surface area contributed by atoms with E-state index in [-0.39, 0.29) is 5.41 Å². The van der Waals surface area contributed by atoms with E-state index in [0.29, 0.717) is 0 Å². The molecule has 1 aliphatic carbocycles. The van der Waals surface area contributed by atoms with Gasteiger partial charge in [-0.2, -0.15) is 0 Å². The first-order valence-electron chi connectivity index (χ1n) is 21.6. The first-order chi connectivity index (χ1) is 30.5. The lowest BCUT2D eigenvalue weighted by atomic mass is 9.79. The molecule has 294 valence electrons. The van der Waals surface area contributed by atoms with Gasteiger partial charge >= 0.3 is 0 Å². The van der Waals surface area contributed by atoms with E-state index in [0.717, 1.165) is 17.1 Å². The van der Waals surface area contributed by atoms with Gasteiger partial charge in [0.1, 0.15) is 0 Å². The summed E-state index contributed by atoms with van der Waals surface area (Å²) >= 11 is 0. The molecule has 0 aliphatic heterocycles. The highest BCUT2D eigenvalue weighted by Gasteiger charge is 2.37. The largest absolute Gasteiger partial charge is 0.311 e. The van der Waals surface area contributed by atoms with Crippen molar-refractivity contribution in [2.75, 3.05) is 4.90 Å². The molecule has 0 radical (unpaired) electrons. The van der Waals surface area contributed by atoms with Crippen LogP contribution in [0.4, 0.5) is 17.1 Å². The maximum atomic E-state index is 2.37. The number of anilines is 3. The smallest absolute Gasteiger partial charge is 0.0462 e. The Hall–Kier alpha value is -7.74. The van der Waals surface area contributed by atoms with Gasteiger partial charge in [-0.3, -0.25) is 0 Å². The zero-order valence-corrected chi connectivity index (χ0v) is 35.0. The average Bonchev–Trinajstić information content (AvgIpc) is 3.58. The Morgan fingerprint density at radius 2 is 0.710 bits per heavy atom. The fraction of sp³-hybridized carbons (Fsp3) is 0.0492. The Morgan fingerprint density at radius 3 is 1.37 bits per heavy atom. The standard InChI is InChI=1S/C61H45N/c1-61(2)59-27-9-8-23-57(59)58-26-13-25-56(60(58)61)46-32-38-53(39-33-46)62(51-34-28-43(29-35-51)48-19-10-18-47(40-48)42-14-4-3-5-15-42)52-36-30-44(31-37-52)49-20-11-21-50(41-49)55-24-12-17-45-16-6-7-22-54(45)55/h3-41H,1-2H3. The first-order valence-corrected chi connectivity index (χ1v) is 21.6. The van der Waals surface area contributed by atoms with Crippen LogP contribution in [0.2, 0.25) is 0 Å². The van der Waals surface area contributed by atoms with Crippen molar-refractivity contribution in [1.29, 1.82) is 0 Å². The van der Waals surface area contributed by atoms with E-state index >= 15 is 0 Å². The number of rotatable bonds is 8. The van der Waals surface area contributed by atoms with Crippen molar-refractivity contribution < 1.29 is 0 Å². The van der Waals surface area contributed by atoms with Crippen molar-refractivity contribution >= 4 is 27.8 Å². The summed E-state index contributed by atoms with van der Waals surface area (Å²) in [4.78, 5) is 2.37. The van der Waals surface area contributed by atoms with Crippen LogP contribution in [0.15, 0.2) is 237 Å². The fourth-order valence-corrected chi connectivity index (χ4v) is 9.78. The molecule has 10 aromatic rings. The van der Waals surface area contributed by atoms with Gasteiger partial charge in [0.25, 0.3) is 0 Å². The van der Waals surface area contributed by atoms with Crippen LogP contribution >= 0.6 is 0 Å². The van der Waals surface area contributed by atoms with Crippen LogP contribution in [-0.4, -0.2) is 0 Å². The number of fused-ring (bicyclic) bond motifs is 4. The second-order valence-electron chi connectivity index (χ2n) is 16.9. The summed E-state index contributed by atoms with van der Waals surface area (Å²) in [6.07, 6.45) is 0. The van der Waals surface area contributed by atoms with E-state index in [1.807, 2.05) is 0 Å². The quantitative estimate of drug-likeness (QED) is 0.148. The lowest BCUT2D eigenvalue weighted by Gasteiger charge is -2.27. The third-order valence-corrected chi connectivity index (χ3v) is 12.9. The lowest BCUT2D eigenvalue weighted by Crippen LogP contribution is -2.16. The van der Waals surface area contributed by atoms with Crippen molar-refractivity contribution in [3.05, 3.63) is 248 Å². The molecule has 1 nitrogen and oxygen atoms in total. The van der Waals surface area contributed by atoms with Crippen LogP contribution in [-0.2, 0) is 5.41 Å². The zero-order valence-electron chi connectivity index (χ0n) is 35.0. The highest BCUT2D eigenvalue weighted by molar-refractivity contribution is 5.97. The van der Waals surface area contributed by atoms with Crippen molar-refractivity contribution in [2.45, 2.75) is 19.3 Å². The molecule has 62 heavy (non-hydrogen) atoms. The monoisotopic (exact) mass is 791 g/mol. The number of nitrogens with zero attached hydrogens (tertiary/aromatic N) is 1. The van der Waals surface area contributed by atoms with Gasteiger partial charge in [-0.05, 0) is 137 Å². The normalized spacial score (nSPS) is 12.5. The molecule has 10 aromatic carbocycles. The summed E-state index contributed by atoms with van der Waals surface area (Å²) in [7, 11) is 0. The molecule has 0 fully saturated rings. The van der Waals surface area contributed by atoms with Gasteiger partial charge in [0.15, 0.2) is 0 Å². The second-order valence-corrected chi connectivity index (χ2v) is 16.9. The van der Waals surface area contributed by atoms with Crippen molar-refractivity contribution in [3.63, 3.8) is 0 Å². The zero-order chi connectivity index (χ0) is 41.6. The molecule has 1 heteroatoms. The minimum absolute atomic E-state index is 0.0915. The van der Waals surface area contributed by atoms with Crippen molar-refractivity contribution in [2.24, 2.45) is 0 Å². The van der Waals surface area contributed by atoms with Crippen molar-refractivity contribution in [1.82, 2.24) is 0 Å². The number of benzene rings is 10. The highest BCUT2D eigenvalue weighted by atomic mass is 15.1. The third kappa shape index (κ3) is 6.60. The third-order valence-electron chi connectivity index (χ3n) is 12.9. The molecule has 11 rings (SSSR count). The van der Waals surface area contributed by atoms with E-state index in [1.54, 1.807) is 0 Å². The van der Waals surface area contributed by atoms with Gasteiger partial charge in [-0.1, -0.05) is 202 Å². The molecule has 0 bridgehead atoms. The molecule has 0 amide bonds. The highest BCUT2D eigenvalue weighted by Crippen LogP contribution is 2.52. The van der Waals surface area contributed by atoms with Crippen LogP contribution in [0.5, 0.6) is 0 Å². The first kappa shape index (κ1) is 37.3. The molecule has 0 spiro atoms. The summed E-state index contributed by atoms with van der Waals surface area (Å²) in [6, 6.07) is 86.4. The molecule has 1 aliphatic rings. The molecule has 0 aromatic heterocycles. The molecule has 0 unspecified atom stereocenters. The van der Waals surface area contributed by atoms with Gasteiger partial charge < -0.3 is 4.90 Å². The van der Waals surface area contributed by atoms with E-state index in [1.165, 1.54) is 88.7 Å². The Balaban J connectivity index is 0.963. The Bertz CT molecular complexity index is 3220. The Kier molecular flexibility index (Phi) is 9.24. The van der Waals surface area contributed by atoms with Gasteiger partial charge in [-0.25, -0.2) is 0 Å². The predicted molar refractivity (Wildman–Crippen MR) is 263 cm³/mol. The Labute approximate surface area is 364 Å². The maximum absolute atomic E-state index is 2.37. The number of hydrogen-bond donors (Lipinski definition) is 0. The molecule has 0 N–H and O–H groups in total. The minimum atomic E-state index is -0.0915. The molecule has 0 atom stereocenters. The molecular formula is C61H45N. The van der Waals surface area contributed by atoms with Crippen LogP contribution in [0.1, 0.15) is 25.0 Å². The van der Waals surface area contributed by atoms with E-state index in [4.69, 9.17) is 0 Å². The predicted octanol–water partition coefficient (Wildman–Crippen LogP) is 17.0. The van der Waals surface area contributed by atoms with Gasteiger partial charge in [0, 0.05) is 22.5 Å². The van der Waals surface area contributed by atoms with E-state index in [9.17, 15) is 0 Å². The average molecular weight is 792 g/mol. The SMILES string of the molecule is CC1(C)c2ccccc2-c2cccc(-c3ccc(N(c4ccc(-c5cccc(-c6ccccc6)c5)cc4)c4ccc(-c5cccc(-c6cccc7ccccc67)c5)cc4)cc3)c21. The summed E-state index contributed by atoms with van der Waals surface area (Å²) in [5.74, 6) is 0. The van der Waals surface area contributed by atoms with Gasteiger partial charge in [0.05, 0.1) is 0 Å². The maximum Gasteiger partial charge on any atom is 0.0462 e. The van der Waals surface area contributed by atoms with Crippen LogP contribution in [0.3, 0.4) is 0 Å². The van der Waals surface area contributed by atoms with Gasteiger partial charge in [0.2, 0.25) is 0 Å². The molecule has 0 saturated carbocycles. The number of hydrogen-bond acceptors (Lipinski definition) is 1. The fourth-order valence-electron chi connectivity index (χ4n) is 9.78. The van der Waals surface area contributed by atoms with E-state index < -0.39 is 0 Å². The summed E-state index contributed by atoms with van der Waals surface area (Å²) in [5, 5.41) is 2.52. The summed E-state index contributed by atoms with van der Waals surface area (Å²) < 4.78 is 0. The summed E-state index contributed by atoms with van der Waals surface area (Å²) in [6.45, 7) is 4.73. The van der Waals surface area contributed by atoms with Crippen molar-refractivity contribution in [3.8, 4) is 66.8 Å². The molecule has 0 saturated heterocycles. The summed E-state index contributed by atoms with van der Waals surface area (Å²) in [5.41, 5.74) is 20.9. The molecule has 0 heterocycles. The van der Waals surface area contributed by atoms with Crippen LogP contribution < -0.4 is 4.90 Å². The minimum Gasteiger partial charge on any atom is -0.311 e. The van der Waals surface area contributed by atoms with Gasteiger partial charge in [-0.15, -0.1) is 0 Å². The topological polar surface area (TPSA) is 3.24 Å². The van der Waals surface area contributed by atoms with Crippen LogP contribution in [0.25, 0.3) is 77.5 Å².